The Bertz CT molecular complexity index is 1190. The highest BCUT2D eigenvalue weighted by Gasteiger charge is 2.34. The van der Waals surface area contributed by atoms with Crippen molar-refractivity contribution in [1.82, 2.24) is 9.88 Å². The van der Waals surface area contributed by atoms with Crippen LogP contribution in [-0.2, 0) is 11.2 Å². The number of aromatic amines is 1. The molecule has 5 rings (SSSR count). The maximum absolute atomic E-state index is 13.3. The fraction of sp³-hybridized carbons (Fsp3) is 0.160. The minimum atomic E-state index is -0.137. The second kappa shape index (κ2) is 8.21. The van der Waals surface area contributed by atoms with E-state index in [1.807, 2.05) is 65.6 Å². The topological polar surface area (TPSA) is 36.1 Å². The van der Waals surface area contributed by atoms with E-state index in [-0.39, 0.29) is 11.9 Å². The van der Waals surface area contributed by atoms with Crippen LogP contribution in [0.5, 0.6) is 0 Å². The highest BCUT2D eigenvalue weighted by atomic mass is 35.5. The van der Waals surface area contributed by atoms with Gasteiger partial charge in [-0.2, -0.15) is 0 Å². The van der Waals surface area contributed by atoms with Crippen LogP contribution in [0.15, 0.2) is 83.8 Å². The van der Waals surface area contributed by atoms with Crippen molar-refractivity contribution in [3.63, 3.8) is 0 Å². The van der Waals surface area contributed by atoms with Crippen LogP contribution in [0.3, 0.4) is 0 Å². The molecule has 0 unspecified atom stereocenters. The van der Waals surface area contributed by atoms with Crippen molar-refractivity contribution in [2.75, 3.05) is 12.3 Å². The first-order valence-corrected chi connectivity index (χ1v) is 11.4. The van der Waals surface area contributed by atoms with Crippen molar-refractivity contribution in [2.24, 2.45) is 0 Å². The van der Waals surface area contributed by atoms with E-state index in [0.717, 1.165) is 28.1 Å². The van der Waals surface area contributed by atoms with Crippen molar-refractivity contribution in [2.45, 2.75) is 17.4 Å². The van der Waals surface area contributed by atoms with Gasteiger partial charge in [0.25, 0.3) is 0 Å². The first-order chi connectivity index (χ1) is 14.7. The largest absolute Gasteiger partial charge is 0.356 e. The zero-order chi connectivity index (χ0) is 20.5. The molecule has 0 radical (unpaired) electrons. The monoisotopic (exact) mass is 432 g/mol. The van der Waals surface area contributed by atoms with Crippen molar-refractivity contribution in [3.05, 3.63) is 101 Å². The highest BCUT2D eigenvalue weighted by molar-refractivity contribution is 8.00. The first-order valence-electron chi connectivity index (χ1n) is 10.0. The number of rotatable bonds is 4. The number of hydrogen-bond acceptors (Lipinski definition) is 2. The number of benzene rings is 3. The third-order valence-electron chi connectivity index (χ3n) is 5.65. The molecule has 0 saturated heterocycles. The minimum absolute atomic E-state index is 0.137. The van der Waals surface area contributed by atoms with E-state index >= 15 is 0 Å². The van der Waals surface area contributed by atoms with Gasteiger partial charge in [0.15, 0.2) is 0 Å². The smallest absolute Gasteiger partial charge is 0.233 e. The summed E-state index contributed by atoms with van der Waals surface area (Å²) < 4.78 is 0. The fourth-order valence-corrected chi connectivity index (χ4v) is 5.18. The molecule has 5 heteroatoms. The van der Waals surface area contributed by atoms with Gasteiger partial charge < -0.3 is 9.88 Å². The SMILES string of the molecule is O=C(CSc1ccccc1)N1CCc2c([nH]c3ccccc23)[C@H]1c1ccc(Cl)cc1. The maximum atomic E-state index is 13.3. The lowest BCUT2D eigenvalue weighted by atomic mass is 9.92. The Morgan fingerprint density at radius 3 is 2.53 bits per heavy atom. The normalized spacial score (nSPS) is 15.9. The summed E-state index contributed by atoms with van der Waals surface area (Å²) in [5.74, 6) is 0.567. The summed E-state index contributed by atoms with van der Waals surface area (Å²) in [5, 5.41) is 1.95. The molecule has 3 nitrogen and oxygen atoms in total. The standard InChI is InChI=1S/C25H21ClN2OS/c26-18-12-10-17(11-13-18)25-24-21(20-8-4-5-9-22(20)27-24)14-15-28(25)23(29)16-30-19-6-2-1-3-7-19/h1-13,25,27H,14-16H2/t25-/m1/s1. The number of hydrogen-bond donors (Lipinski definition) is 1. The lowest BCUT2D eigenvalue weighted by Crippen LogP contribution is -2.41. The molecule has 2 heterocycles. The third kappa shape index (κ3) is 3.62. The second-order valence-electron chi connectivity index (χ2n) is 7.46. The minimum Gasteiger partial charge on any atom is -0.356 e. The van der Waals surface area contributed by atoms with Crippen molar-refractivity contribution < 1.29 is 4.79 Å². The van der Waals surface area contributed by atoms with Gasteiger partial charge in [-0.05, 0) is 47.9 Å². The van der Waals surface area contributed by atoms with Crippen LogP contribution < -0.4 is 0 Å². The van der Waals surface area contributed by atoms with Gasteiger partial charge in [0.05, 0.1) is 11.8 Å². The Morgan fingerprint density at radius 2 is 1.73 bits per heavy atom. The van der Waals surface area contributed by atoms with Crippen LogP contribution in [0.1, 0.15) is 22.9 Å². The molecule has 1 aliphatic rings. The molecular weight excluding hydrogens is 412 g/mol. The molecule has 4 aromatic rings. The first kappa shape index (κ1) is 19.3. The Balaban J connectivity index is 1.51. The van der Waals surface area contributed by atoms with Gasteiger partial charge in [0.2, 0.25) is 5.91 Å². The number of carbonyl (C=O) groups excluding carboxylic acids is 1. The van der Waals surface area contributed by atoms with E-state index in [4.69, 9.17) is 11.6 Å². The molecule has 30 heavy (non-hydrogen) atoms. The molecule has 1 atom stereocenters. The molecule has 0 bridgehead atoms. The predicted molar refractivity (Wildman–Crippen MR) is 124 cm³/mol. The van der Waals surface area contributed by atoms with E-state index in [2.05, 4.69) is 23.2 Å². The molecule has 3 aromatic carbocycles. The summed E-state index contributed by atoms with van der Waals surface area (Å²) >= 11 is 7.73. The van der Waals surface area contributed by atoms with E-state index in [0.29, 0.717) is 17.3 Å². The Labute approximate surface area is 185 Å². The quantitative estimate of drug-likeness (QED) is 0.396. The summed E-state index contributed by atoms with van der Waals surface area (Å²) in [5.41, 5.74) is 4.62. The molecule has 0 aliphatic carbocycles. The van der Waals surface area contributed by atoms with E-state index in [1.165, 1.54) is 10.9 Å². The van der Waals surface area contributed by atoms with Crippen LogP contribution in [0.2, 0.25) is 5.02 Å². The fourth-order valence-electron chi connectivity index (χ4n) is 4.25. The number of nitrogens with one attached hydrogen (secondary N) is 1. The van der Waals surface area contributed by atoms with Crippen molar-refractivity contribution in [3.8, 4) is 0 Å². The predicted octanol–water partition coefficient (Wildman–Crippen LogP) is 6.09. The van der Waals surface area contributed by atoms with E-state index in [1.54, 1.807) is 11.8 Å². The average Bonchev–Trinajstić information content (AvgIpc) is 3.17. The number of para-hydroxylation sites is 1. The van der Waals surface area contributed by atoms with Crippen LogP contribution in [-0.4, -0.2) is 28.1 Å². The lowest BCUT2D eigenvalue weighted by Gasteiger charge is -2.36. The van der Waals surface area contributed by atoms with Crippen molar-refractivity contribution >= 4 is 40.2 Å². The van der Waals surface area contributed by atoms with Crippen molar-refractivity contribution in [1.29, 1.82) is 0 Å². The van der Waals surface area contributed by atoms with Gasteiger partial charge >= 0.3 is 0 Å². The molecule has 0 spiro atoms. The van der Waals surface area contributed by atoms with Crippen LogP contribution >= 0.6 is 23.4 Å². The van der Waals surface area contributed by atoms with Gasteiger partial charge in [-0.3, -0.25) is 4.79 Å². The molecule has 1 aromatic heterocycles. The Morgan fingerprint density at radius 1 is 1.00 bits per heavy atom. The van der Waals surface area contributed by atoms with Crippen LogP contribution in [0.4, 0.5) is 0 Å². The molecule has 1 N–H and O–H groups in total. The van der Waals surface area contributed by atoms with E-state index in [9.17, 15) is 4.79 Å². The van der Waals surface area contributed by atoms with Gasteiger partial charge in [-0.25, -0.2) is 0 Å². The Hall–Kier alpha value is -2.69. The molecule has 1 amide bonds. The zero-order valence-electron chi connectivity index (χ0n) is 16.3. The van der Waals surface area contributed by atoms with Gasteiger partial charge in [0.1, 0.15) is 0 Å². The maximum Gasteiger partial charge on any atom is 0.233 e. The van der Waals surface area contributed by atoms with Gasteiger partial charge in [-0.1, -0.05) is 60.1 Å². The molecular formula is C25H21ClN2OS. The molecule has 0 saturated carbocycles. The number of halogens is 1. The zero-order valence-corrected chi connectivity index (χ0v) is 17.9. The highest BCUT2D eigenvalue weighted by Crippen LogP contribution is 2.39. The number of aromatic nitrogens is 1. The number of H-pyrrole nitrogens is 1. The van der Waals surface area contributed by atoms with Crippen LogP contribution in [0, 0.1) is 0 Å². The summed E-state index contributed by atoms with van der Waals surface area (Å²) in [6, 6.07) is 26.2. The van der Waals surface area contributed by atoms with Gasteiger partial charge in [-0.15, -0.1) is 11.8 Å². The summed E-state index contributed by atoms with van der Waals surface area (Å²) in [6.45, 7) is 0.705. The number of thioether (sulfide) groups is 1. The average molecular weight is 433 g/mol. The number of nitrogens with zero attached hydrogens (tertiary/aromatic N) is 1. The summed E-state index contributed by atoms with van der Waals surface area (Å²) in [4.78, 5) is 20.0. The van der Waals surface area contributed by atoms with E-state index < -0.39 is 0 Å². The number of amides is 1. The van der Waals surface area contributed by atoms with Gasteiger partial charge in [0, 0.05) is 33.1 Å². The molecule has 0 fully saturated rings. The summed E-state index contributed by atoms with van der Waals surface area (Å²) in [6.07, 6.45) is 0.852. The number of fused-ring (bicyclic) bond motifs is 3. The number of carbonyl (C=O) groups is 1. The molecule has 150 valence electrons. The molecule has 1 aliphatic heterocycles. The summed E-state index contributed by atoms with van der Waals surface area (Å²) in [7, 11) is 0. The Kier molecular flexibility index (Phi) is 5.28. The lowest BCUT2D eigenvalue weighted by molar-refractivity contribution is -0.130. The van der Waals surface area contributed by atoms with Crippen LogP contribution in [0.25, 0.3) is 10.9 Å². The second-order valence-corrected chi connectivity index (χ2v) is 8.94. The third-order valence-corrected chi connectivity index (χ3v) is 6.89.